The maximum Gasteiger partial charge on any atom is 0.192 e. The van der Waals surface area contributed by atoms with Crippen LogP contribution in [0.3, 0.4) is 0 Å². The van der Waals surface area contributed by atoms with Gasteiger partial charge >= 0.3 is 0 Å². The summed E-state index contributed by atoms with van der Waals surface area (Å²) in [5.41, 5.74) is 2.40. The van der Waals surface area contributed by atoms with Crippen molar-refractivity contribution in [3.05, 3.63) is 65.3 Å². The molecular weight excluding hydrogens is 440 g/mol. The number of thioether (sulfide) groups is 1. The molecule has 3 aromatic rings. The molecule has 4 rings (SSSR count). The lowest BCUT2D eigenvalue weighted by Gasteiger charge is -2.26. The number of nitrogens with zero attached hydrogens (tertiary/aromatic N) is 3. The van der Waals surface area contributed by atoms with Gasteiger partial charge in [-0.1, -0.05) is 30.0 Å². The number of H-pyrrole nitrogens is 1. The van der Waals surface area contributed by atoms with Gasteiger partial charge in [0.2, 0.25) is 0 Å². The molecule has 9 heteroatoms. The van der Waals surface area contributed by atoms with Crippen molar-refractivity contribution in [3.63, 3.8) is 0 Å². The lowest BCUT2D eigenvalue weighted by molar-refractivity contribution is 0.0821. The Bertz CT molecular complexity index is 1230. The molecule has 0 radical (unpaired) electrons. The molecule has 1 aliphatic rings. The highest BCUT2D eigenvalue weighted by Gasteiger charge is 2.30. The maximum absolute atomic E-state index is 13.2. The molecule has 3 heterocycles. The van der Waals surface area contributed by atoms with E-state index in [9.17, 15) is 9.59 Å². The van der Waals surface area contributed by atoms with Gasteiger partial charge in [0.15, 0.2) is 40.2 Å². The van der Waals surface area contributed by atoms with E-state index in [-0.39, 0.29) is 11.6 Å². The number of rotatable bonds is 8. The van der Waals surface area contributed by atoms with Crippen molar-refractivity contribution >= 4 is 23.3 Å². The molecule has 1 aromatic carbocycles. The zero-order valence-electron chi connectivity index (χ0n) is 19.0. The minimum atomic E-state index is -0.452. The smallest absolute Gasteiger partial charge is 0.192 e. The predicted molar refractivity (Wildman–Crippen MR) is 125 cm³/mol. The molecule has 0 saturated heterocycles. The number of aryl methyl sites for hydroxylation is 1. The highest BCUT2D eigenvalue weighted by molar-refractivity contribution is 8.00. The van der Waals surface area contributed by atoms with Crippen LogP contribution in [0.4, 0.5) is 0 Å². The molecule has 0 spiro atoms. The molecule has 172 valence electrons. The van der Waals surface area contributed by atoms with Crippen LogP contribution < -0.4 is 9.47 Å². The van der Waals surface area contributed by atoms with E-state index >= 15 is 0 Å². The Labute approximate surface area is 196 Å². The van der Waals surface area contributed by atoms with Crippen LogP contribution in [0.1, 0.15) is 57.9 Å². The van der Waals surface area contributed by atoms with Crippen LogP contribution in [0, 0.1) is 13.8 Å². The van der Waals surface area contributed by atoms with Gasteiger partial charge in [-0.3, -0.25) is 14.2 Å². The van der Waals surface area contributed by atoms with Gasteiger partial charge in [0.05, 0.1) is 10.9 Å². The predicted octanol–water partition coefficient (Wildman–Crippen LogP) is 4.49. The van der Waals surface area contributed by atoms with Crippen molar-refractivity contribution in [2.45, 2.75) is 50.8 Å². The van der Waals surface area contributed by atoms with E-state index in [0.717, 1.165) is 0 Å². The van der Waals surface area contributed by atoms with Crippen molar-refractivity contribution in [1.82, 2.24) is 19.7 Å². The molecule has 0 unspecified atom stereocenters. The number of Topliss-reactive ketones (excluding diaryl/α,β-unsaturated/α-hetero) is 2. The zero-order valence-corrected chi connectivity index (χ0v) is 19.9. The number of ketones is 2. The SMILES string of the molecule is C=CCn1c(S[C@@H](C)C(=O)c2[nH]c(C)c(C(C)=O)c2C)nnc1[C@H]1COc2ccccc2O1. The number of ether oxygens (including phenoxy) is 2. The lowest BCUT2D eigenvalue weighted by Crippen LogP contribution is -2.25. The summed E-state index contributed by atoms with van der Waals surface area (Å²) in [5.74, 6) is 1.79. The van der Waals surface area contributed by atoms with Gasteiger partial charge in [-0.25, -0.2) is 0 Å². The lowest BCUT2D eigenvalue weighted by atomic mass is 10.0. The first-order chi connectivity index (χ1) is 15.8. The summed E-state index contributed by atoms with van der Waals surface area (Å²) >= 11 is 1.31. The third-order valence-corrected chi connectivity index (χ3v) is 6.62. The molecule has 2 atom stereocenters. The van der Waals surface area contributed by atoms with Gasteiger partial charge in [0.25, 0.3) is 0 Å². The number of benzene rings is 1. The van der Waals surface area contributed by atoms with E-state index in [1.54, 1.807) is 19.9 Å². The van der Waals surface area contributed by atoms with Crippen LogP contribution in [0.15, 0.2) is 42.1 Å². The number of hydrogen-bond donors (Lipinski definition) is 1. The Hall–Kier alpha value is -3.33. The van der Waals surface area contributed by atoms with Gasteiger partial charge < -0.3 is 14.5 Å². The highest BCUT2D eigenvalue weighted by Crippen LogP contribution is 2.36. The number of nitrogens with one attached hydrogen (secondary N) is 1. The summed E-state index contributed by atoms with van der Waals surface area (Å²) in [5, 5.41) is 8.81. The van der Waals surface area contributed by atoms with Gasteiger partial charge in [-0.2, -0.15) is 0 Å². The van der Waals surface area contributed by atoms with Crippen molar-refractivity contribution in [3.8, 4) is 11.5 Å². The second-order valence-corrected chi connectivity index (χ2v) is 9.22. The molecule has 2 aromatic heterocycles. The molecule has 8 nitrogen and oxygen atoms in total. The standard InChI is InChI=1S/C24H26N4O4S/c1-6-11-28-23(19-12-31-17-9-7-8-10-18(17)32-19)26-27-24(28)33-16(5)22(30)21-13(2)20(15(4)29)14(3)25-21/h6-10,16,19,25H,1,11-12H2,2-5H3/t16-,19+/m0/s1. The summed E-state index contributed by atoms with van der Waals surface area (Å²) in [6.07, 6.45) is 1.32. The fourth-order valence-electron chi connectivity index (χ4n) is 4.01. The third kappa shape index (κ3) is 4.32. The monoisotopic (exact) mass is 466 g/mol. The Morgan fingerprint density at radius 3 is 2.70 bits per heavy atom. The second-order valence-electron chi connectivity index (χ2n) is 7.91. The van der Waals surface area contributed by atoms with E-state index in [2.05, 4.69) is 21.8 Å². The van der Waals surface area contributed by atoms with E-state index in [0.29, 0.717) is 58.1 Å². The Balaban J connectivity index is 1.57. The first kappa shape index (κ1) is 22.8. The van der Waals surface area contributed by atoms with Crippen LogP contribution in [-0.4, -0.2) is 43.2 Å². The summed E-state index contributed by atoms with van der Waals surface area (Å²) in [4.78, 5) is 28.2. The largest absolute Gasteiger partial charge is 0.485 e. The number of carbonyl (C=O) groups excluding carboxylic acids is 2. The van der Waals surface area contributed by atoms with E-state index in [4.69, 9.17) is 9.47 Å². The first-order valence-electron chi connectivity index (χ1n) is 10.6. The molecule has 0 amide bonds. The molecule has 1 aliphatic heterocycles. The molecule has 33 heavy (non-hydrogen) atoms. The van der Waals surface area contributed by atoms with E-state index in [1.807, 2.05) is 35.8 Å². The Morgan fingerprint density at radius 2 is 2.03 bits per heavy atom. The summed E-state index contributed by atoms with van der Waals surface area (Å²) in [6.45, 7) is 11.5. The van der Waals surface area contributed by atoms with Crippen molar-refractivity contribution < 1.29 is 19.1 Å². The molecular formula is C24H26N4O4S. The highest BCUT2D eigenvalue weighted by atomic mass is 32.2. The van der Waals surface area contributed by atoms with Crippen LogP contribution in [0.2, 0.25) is 0 Å². The number of hydrogen-bond acceptors (Lipinski definition) is 7. The quantitative estimate of drug-likeness (QED) is 0.297. The van der Waals surface area contributed by atoms with Crippen LogP contribution in [0.25, 0.3) is 0 Å². The number of aromatic amines is 1. The number of allylic oxidation sites excluding steroid dienone is 1. The number of fused-ring (bicyclic) bond motifs is 1. The summed E-state index contributed by atoms with van der Waals surface area (Å²) in [6, 6.07) is 7.48. The molecule has 0 bridgehead atoms. The van der Waals surface area contributed by atoms with Crippen molar-refractivity contribution in [1.29, 1.82) is 0 Å². The van der Waals surface area contributed by atoms with Gasteiger partial charge in [-0.15, -0.1) is 16.8 Å². The Morgan fingerprint density at radius 1 is 1.30 bits per heavy atom. The van der Waals surface area contributed by atoms with E-state index < -0.39 is 11.4 Å². The van der Waals surface area contributed by atoms with E-state index in [1.165, 1.54) is 18.7 Å². The van der Waals surface area contributed by atoms with Crippen LogP contribution in [0.5, 0.6) is 11.5 Å². The Kier molecular flexibility index (Phi) is 6.42. The first-order valence-corrected chi connectivity index (χ1v) is 11.5. The average Bonchev–Trinajstić information content (AvgIpc) is 3.32. The number of para-hydroxylation sites is 2. The second kappa shape index (κ2) is 9.27. The van der Waals surface area contributed by atoms with Gasteiger partial charge in [0, 0.05) is 17.8 Å². The van der Waals surface area contributed by atoms with Crippen molar-refractivity contribution in [2.75, 3.05) is 6.61 Å². The summed E-state index contributed by atoms with van der Waals surface area (Å²) in [7, 11) is 0. The zero-order chi connectivity index (χ0) is 23.7. The molecule has 0 aliphatic carbocycles. The third-order valence-electron chi connectivity index (χ3n) is 5.54. The van der Waals surface area contributed by atoms with Gasteiger partial charge in [0.1, 0.15) is 6.61 Å². The van der Waals surface area contributed by atoms with Crippen LogP contribution >= 0.6 is 11.8 Å². The number of aromatic nitrogens is 4. The fraction of sp³-hybridized carbons (Fsp3) is 0.333. The maximum atomic E-state index is 13.2. The minimum absolute atomic E-state index is 0.0627. The number of carbonyl (C=O) groups is 2. The van der Waals surface area contributed by atoms with Gasteiger partial charge in [-0.05, 0) is 45.4 Å². The summed E-state index contributed by atoms with van der Waals surface area (Å²) < 4.78 is 13.8. The fourth-order valence-corrected chi connectivity index (χ4v) is 4.94. The normalized spacial score (nSPS) is 15.8. The molecule has 1 N–H and O–H groups in total. The molecule has 0 saturated carbocycles. The minimum Gasteiger partial charge on any atom is -0.485 e. The van der Waals surface area contributed by atoms with Crippen molar-refractivity contribution in [2.24, 2.45) is 0 Å². The average molecular weight is 467 g/mol. The molecule has 0 fully saturated rings. The topological polar surface area (TPSA) is 99.1 Å². The van der Waals surface area contributed by atoms with Crippen LogP contribution in [-0.2, 0) is 6.54 Å².